The lowest BCUT2D eigenvalue weighted by atomic mass is 10.1. The molecule has 0 saturated heterocycles. The fraction of sp³-hybridized carbons (Fsp3) is 0.273. The van der Waals surface area contributed by atoms with E-state index in [2.05, 4.69) is 20.8 Å². The Morgan fingerprint density at radius 2 is 1.83 bits per heavy atom. The number of benzene rings is 2. The Balaban J connectivity index is 1.49. The molecule has 3 aromatic rings. The number of para-hydroxylation sites is 1. The third kappa shape index (κ3) is 6.38. The lowest BCUT2D eigenvalue weighted by Crippen LogP contribution is -2.18. The van der Waals surface area contributed by atoms with Gasteiger partial charge >= 0.3 is 0 Å². The second-order valence-electron chi connectivity index (χ2n) is 6.94. The molecule has 156 valence electrons. The molecule has 30 heavy (non-hydrogen) atoms. The fourth-order valence-corrected chi connectivity index (χ4v) is 3.31. The molecule has 2 aromatic carbocycles. The van der Waals surface area contributed by atoms with E-state index in [4.69, 9.17) is 4.74 Å². The zero-order chi connectivity index (χ0) is 21.3. The van der Waals surface area contributed by atoms with Crippen LogP contribution in [0.3, 0.4) is 0 Å². The predicted molar refractivity (Wildman–Crippen MR) is 118 cm³/mol. The fourth-order valence-electron chi connectivity index (χ4n) is 2.53. The monoisotopic (exact) mass is 424 g/mol. The lowest BCUT2D eigenvalue weighted by Gasteiger charge is -2.09. The number of carbonyl (C=O) groups is 2. The Bertz CT molecular complexity index is 989. The number of rotatable bonds is 9. The highest BCUT2D eigenvalue weighted by atomic mass is 32.1. The van der Waals surface area contributed by atoms with E-state index in [0.29, 0.717) is 23.0 Å². The van der Waals surface area contributed by atoms with Crippen molar-refractivity contribution in [2.24, 2.45) is 5.92 Å². The molecule has 2 amide bonds. The summed E-state index contributed by atoms with van der Waals surface area (Å²) in [5, 5.41) is 15.0. The Morgan fingerprint density at radius 3 is 2.60 bits per heavy atom. The van der Waals surface area contributed by atoms with Gasteiger partial charge in [0.1, 0.15) is 10.8 Å². The summed E-state index contributed by atoms with van der Waals surface area (Å²) in [6.45, 7) is 4.21. The van der Waals surface area contributed by atoms with Gasteiger partial charge in [0.05, 0.1) is 6.61 Å². The molecule has 0 fully saturated rings. The normalized spacial score (nSPS) is 10.6. The van der Waals surface area contributed by atoms with Gasteiger partial charge in [-0.2, -0.15) is 0 Å². The van der Waals surface area contributed by atoms with Gasteiger partial charge in [0.2, 0.25) is 11.0 Å². The van der Waals surface area contributed by atoms with Crippen LogP contribution in [-0.4, -0.2) is 28.6 Å². The van der Waals surface area contributed by atoms with Crippen LogP contribution < -0.4 is 15.4 Å². The molecule has 0 atom stereocenters. The molecule has 0 aliphatic rings. The summed E-state index contributed by atoms with van der Waals surface area (Å²) in [6, 6.07) is 16.4. The van der Waals surface area contributed by atoms with E-state index in [9.17, 15) is 9.59 Å². The molecule has 7 nitrogen and oxygen atoms in total. The van der Waals surface area contributed by atoms with Gasteiger partial charge in [-0.25, -0.2) is 0 Å². The van der Waals surface area contributed by atoms with E-state index in [-0.39, 0.29) is 17.7 Å². The number of anilines is 2. The van der Waals surface area contributed by atoms with E-state index >= 15 is 0 Å². The van der Waals surface area contributed by atoms with Crippen LogP contribution in [0.25, 0.3) is 0 Å². The Hall–Kier alpha value is -3.26. The van der Waals surface area contributed by atoms with Crippen LogP contribution in [0.1, 0.15) is 35.6 Å². The van der Waals surface area contributed by atoms with E-state index in [1.54, 1.807) is 24.3 Å². The maximum absolute atomic E-state index is 12.5. The van der Waals surface area contributed by atoms with E-state index in [1.165, 1.54) is 11.3 Å². The molecule has 2 N–H and O–H groups in total. The topological polar surface area (TPSA) is 93.2 Å². The quantitative estimate of drug-likeness (QED) is 0.497. The van der Waals surface area contributed by atoms with Crippen LogP contribution in [0.2, 0.25) is 0 Å². The molecule has 3 rings (SSSR count). The van der Waals surface area contributed by atoms with Crippen molar-refractivity contribution in [1.82, 2.24) is 10.2 Å². The van der Waals surface area contributed by atoms with Gasteiger partial charge in [-0.15, -0.1) is 10.2 Å². The first-order valence-electron chi connectivity index (χ1n) is 9.74. The molecular weight excluding hydrogens is 400 g/mol. The number of hydrogen-bond acceptors (Lipinski definition) is 6. The van der Waals surface area contributed by atoms with Gasteiger partial charge in [-0.1, -0.05) is 49.4 Å². The molecular formula is C22H24N4O3S. The molecule has 1 aromatic heterocycles. The van der Waals surface area contributed by atoms with Crippen molar-refractivity contribution in [3.8, 4) is 5.75 Å². The number of nitrogens with zero attached hydrogens (tertiary/aromatic N) is 2. The van der Waals surface area contributed by atoms with Crippen molar-refractivity contribution in [2.45, 2.75) is 26.7 Å². The molecule has 0 aliphatic carbocycles. The third-order valence-electron chi connectivity index (χ3n) is 4.15. The van der Waals surface area contributed by atoms with Crippen LogP contribution in [0, 0.1) is 5.92 Å². The summed E-state index contributed by atoms with van der Waals surface area (Å²) in [4.78, 5) is 24.3. The Kier molecular flexibility index (Phi) is 7.51. The summed E-state index contributed by atoms with van der Waals surface area (Å²) < 4.78 is 5.67. The number of nitrogens with one attached hydrogen (secondary N) is 2. The standard InChI is InChI=1S/C22H24N4O3S/c1-15(2)20(27)23-17-9-6-8-16(14-17)21(28)24-22-26-25-19(30-22)12-7-13-29-18-10-4-3-5-11-18/h3-6,8-11,14-15H,7,12-13H2,1-2H3,(H,23,27)(H,24,26,28). The maximum atomic E-state index is 12.5. The Morgan fingerprint density at radius 1 is 1.03 bits per heavy atom. The van der Waals surface area contributed by atoms with Crippen LogP contribution in [0.4, 0.5) is 10.8 Å². The van der Waals surface area contributed by atoms with Crippen LogP contribution in [0.15, 0.2) is 54.6 Å². The minimum absolute atomic E-state index is 0.0995. The number of carbonyl (C=O) groups excluding carboxylic acids is 2. The number of aromatic nitrogens is 2. The smallest absolute Gasteiger partial charge is 0.257 e. The number of hydrogen-bond donors (Lipinski definition) is 2. The first-order valence-corrected chi connectivity index (χ1v) is 10.6. The van der Waals surface area contributed by atoms with Gasteiger partial charge in [-0.05, 0) is 36.8 Å². The summed E-state index contributed by atoms with van der Waals surface area (Å²) in [5.41, 5.74) is 1.02. The number of aryl methyl sites for hydroxylation is 1. The zero-order valence-corrected chi connectivity index (χ0v) is 17.7. The minimum atomic E-state index is -0.300. The second kappa shape index (κ2) is 10.5. The van der Waals surface area contributed by atoms with Crippen molar-refractivity contribution < 1.29 is 14.3 Å². The van der Waals surface area contributed by atoms with Gasteiger partial charge in [-0.3, -0.25) is 14.9 Å². The summed E-state index contributed by atoms with van der Waals surface area (Å²) >= 11 is 1.34. The average molecular weight is 425 g/mol. The molecule has 0 spiro atoms. The molecule has 0 radical (unpaired) electrons. The first kappa shape index (κ1) is 21.4. The molecule has 0 saturated carbocycles. The maximum Gasteiger partial charge on any atom is 0.257 e. The van der Waals surface area contributed by atoms with Crippen LogP contribution >= 0.6 is 11.3 Å². The average Bonchev–Trinajstić information content (AvgIpc) is 3.19. The van der Waals surface area contributed by atoms with Gasteiger partial charge in [0, 0.05) is 23.6 Å². The number of amides is 2. The Labute approximate surface area is 179 Å². The molecule has 0 aliphatic heterocycles. The largest absolute Gasteiger partial charge is 0.494 e. The molecule has 8 heteroatoms. The summed E-state index contributed by atoms with van der Waals surface area (Å²) in [6.07, 6.45) is 1.52. The van der Waals surface area contributed by atoms with E-state index < -0.39 is 0 Å². The highest BCUT2D eigenvalue weighted by Crippen LogP contribution is 2.19. The predicted octanol–water partition coefficient (Wildman–Crippen LogP) is 4.40. The molecule has 0 unspecified atom stereocenters. The lowest BCUT2D eigenvalue weighted by molar-refractivity contribution is -0.118. The van der Waals surface area contributed by atoms with Crippen molar-refractivity contribution in [3.63, 3.8) is 0 Å². The van der Waals surface area contributed by atoms with Crippen LogP contribution in [0.5, 0.6) is 5.75 Å². The third-order valence-corrected chi connectivity index (χ3v) is 5.05. The van der Waals surface area contributed by atoms with E-state index in [1.807, 2.05) is 44.2 Å². The van der Waals surface area contributed by atoms with E-state index in [0.717, 1.165) is 23.6 Å². The summed E-state index contributed by atoms with van der Waals surface area (Å²) in [7, 11) is 0. The highest BCUT2D eigenvalue weighted by molar-refractivity contribution is 7.15. The van der Waals surface area contributed by atoms with Crippen LogP contribution in [-0.2, 0) is 11.2 Å². The van der Waals surface area contributed by atoms with Gasteiger partial charge in [0.25, 0.3) is 5.91 Å². The van der Waals surface area contributed by atoms with Crippen molar-refractivity contribution in [2.75, 3.05) is 17.2 Å². The first-order chi connectivity index (χ1) is 14.5. The van der Waals surface area contributed by atoms with Crippen molar-refractivity contribution >= 4 is 34.0 Å². The SMILES string of the molecule is CC(C)C(=O)Nc1cccc(C(=O)Nc2nnc(CCCOc3ccccc3)s2)c1. The zero-order valence-electron chi connectivity index (χ0n) is 16.9. The highest BCUT2D eigenvalue weighted by Gasteiger charge is 2.12. The molecule has 1 heterocycles. The summed E-state index contributed by atoms with van der Waals surface area (Å²) in [5.74, 6) is 0.304. The van der Waals surface area contributed by atoms with Gasteiger partial charge < -0.3 is 10.1 Å². The van der Waals surface area contributed by atoms with Crippen molar-refractivity contribution in [3.05, 3.63) is 65.2 Å². The minimum Gasteiger partial charge on any atom is -0.494 e. The van der Waals surface area contributed by atoms with Crippen molar-refractivity contribution in [1.29, 1.82) is 0 Å². The second-order valence-corrected chi connectivity index (χ2v) is 8.01. The van der Waals surface area contributed by atoms with Gasteiger partial charge in [0.15, 0.2) is 0 Å². The number of ether oxygens (including phenoxy) is 1. The molecule has 0 bridgehead atoms.